The van der Waals surface area contributed by atoms with Gasteiger partial charge in [0.15, 0.2) is 11.6 Å². The van der Waals surface area contributed by atoms with E-state index in [2.05, 4.69) is 12.2 Å². The molecule has 31 heavy (non-hydrogen) atoms. The first-order chi connectivity index (χ1) is 14.8. The minimum atomic E-state index is -1.44. The second kappa shape index (κ2) is 8.11. The maximum atomic E-state index is 15.9. The average Bonchev–Trinajstić information content (AvgIpc) is 3.50. The lowest BCUT2D eigenvalue weighted by atomic mass is 9.94. The molecule has 4 N–H and O–H groups in total. The van der Waals surface area contributed by atoms with Gasteiger partial charge in [0.05, 0.1) is 16.6 Å². The number of nitrogen functional groups attached to an aromatic ring is 1. The summed E-state index contributed by atoms with van der Waals surface area (Å²) in [5.41, 5.74) is 3.71. The van der Waals surface area contributed by atoms with Gasteiger partial charge in [-0.2, -0.15) is 0 Å². The summed E-state index contributed by atoms with van der Waals surface area (Å²) < 4.78 is 32.7. The second-order valence-electron chi connectivity index (χ2n) is 8.57. The minimum Gasteiger partial charge on any atom is -0.477 e. The molecule has 0 radical (unpaired) electrons. The van der Waals surface area contributed by atoms with Crippen molar-refractivity contribution in [1.29, 1.82) is 0 Å². The Hall–Kier alpha value is -2.68. The maximum absolute atomic E-state index is 15.9. The molecule has 2 aliphatic rings. The Kier molecular flexibility index (Phi) is 5.63. The molecule has 2 unspecified atom stereocenters. The number of anilines is 2. The molecular formula is C22H28F2N4O3. The first-order valence-electron chi connectivity index (χ1n) is 10.8. The highest BCUT2D eigenvalue weighted by Crippen LogP contribution is 2.43. The highest BCUT2D eigenvalue weighted by molar-refractivity contribution is 5.99. The number of hydrogen-bond acceptors (Lipinski definition) is 5. The molecule has 1 saturated carbocycles. The molecular weight excluding hydrogens is 406 g/mol. The Labute approximate surface area is 178 Å². The average molecular weight is 434 g/mol. The van der Waals surface area contributed by atoms with E-state index in [-0.39, 0.29) is 34.5 Å². The van der Waals surface area contributed by atoms with Crippen LogP contribution in [0.15, 0.2) is 11.0 Å². The summed E-state index contributed by atoms with van der Waals surface area (Å²) in [6, 6.07) is -0.128. The van der Waals surface area contributed by atoms with Gasteiger partial charge in [0.2, 0.25) is 5.43 Å². The molecule has 1 aromatic carbocycles. The zero-order valence-electron chi connectivity index (χ0n) is 17.8. The van der Waals surface area contributed by atoms with Gasteiger partial charge < -0.3 is 25.6 Å². The van der Waals surface area contributed by atoms with Crippen molar-refractivity contribution in [2.24, 2.45) is 11.8 Å². The molecule has 4 rings (SSSR count). The van der Waals surface area contributed by atoms with Crippen LogP contribution in [0.2, 0.25) is 0 Å². The van der Waals surface area contributed by atoms with E-state index < -0.39 is 34.3 Å². The van der Waals surface area contributed by atoms with Crippen molar-refractivity contribution in [1.82, 2.24) is 9.88 Å². The Morgan fingerprint density at radius 2 is 1.90 bits per heavy atom. The monoisotopic (exact) mass is 434 g/mol. The number of aromatic nitrogens is 1. The molecule has 0 bridgehead atoms. The van der Waals surface area contributed by atoms with Crippen LogP contribution in [0.3, 0.4) is 0 Å². The molecule has 2 atom stereocenters. The van der Waals surface area contributed by atoms with Crippen molar-refractivity contribution in [3.8, 4) is 0 Å². The number of nitrogens with two attached hydrogens (primary N) is 1. The van der Waals surface area contributed by atoms with Gasteiger partial charge in [-0.3, -0.25) is 4.79 Å². The van der Waals surface area contributed by atoms with Gasteiger partial charge in [-0.15, -0.1) is 0 Å². The zero-order valence-corrected chi connectivity index (χ0v) is 17.8. The second-order valence-corrected chi connectivity index (χ2v) is 8.57. The number of nitrogens with zero attached hydrogens (tertiary/aromatic N) is 2. The number of carboxylic acid groups (broad SMARTS) is 1. The van der Waals surface area contributed by atoms with Crippen molar-refractivity contribution in [2.75, 3.05) is 36.8 Å². The van der Waals surface area contributed by atoms with Gasteiger partial charge in [-0.05, 0) is 37.8 Å². The molecule has 1 aromatic heterocycles. The Bertz CT molecular complexity index is 1100. The van der Waals surface area contributed by atoms with E-state index in [1.54, 1.807) is 4.90 Å². The summed E-state index contributed by atoms with van der Waals surface area (Å²) in [5, 5.41) is 12.3. The first-order valence-corrected chi connectivity index (χ1v) is 10.8. The van der Waals surface area contributed by atoms with Crippen molar-refractivity contribution >= 4 is 28.2 Å². The molecule has 1 aliphatic carbocycles. The van der Waals surface area contributed by atoms with Crippen LogP contribution in [0, 0.1) is 23.5 Å². The third kappa shape index (κ3) is 3.54. The predicted octanol–water partition coefficient (Wildman–Crippen LogP) is 2.97. The number of nitrogens with one attached hydrogen (secondary N) is 1. The van der Waals surface area contributed by atoms with E-state index in [9.17, 15) is 14.7 Å². The fourth-order valence-electron chi connectivity index (χ4n) is 4.77. The van der Waals surface area contributed by atoms with E-state index in [1.807, 2.05) is 6.92 Å². The number of aromatic carboxylic acids is 1. The van der Waals surface area contributed by atoms with Gasteiger partial charge in [-0.1, -0.05) is 20.3 Å². The lowest BCUT2D eigenvalue weighted by molar-refractivity contribution is 0.0695. The van der Waals surface area contributed by atoms with Crippen LogP contribution in [0.25, 0.3) is 10.9 Å². The SMILES string of the molecule is CCNCC1CN(c2c(F)c(N)c3c(=O)c(C(=O)O)cn(C4CC4)c3c2F)CC1CC. The van der Waals surface area contributed by atoms with Crippen molar-refractivity contribution in [2.45, 2.75) is 39.2 Å². The summed E-state index contributed by atoms with van der Waals surface area (Å²) in [5.74, 6) is -2.77. The van der Waals surface area contributed by atoms with Crippen LogP contribution in [-0.2, 0) is 0 Å². The number of carboxylic acids is 1. The number of halogens is 2. The van der Waals surface area contributed by atoms with Gasteiger partial charge in [0.1, 0.15) is 11.3 Å². The smallest absolute Gasteiger partial charge is 0.341 e. The van der Waals surface area contributed by atoms with Gasteiger partial charge in [-0.25, -0.2) is 13.6 Å². The summed E-state index contributed by atoms with van der Waals surface area (Å²) >= 11 is 0. The number of rotatable bonds is 7. The molecule has 1 aliphatic heterocycles. The predicted molar refractivity (Wildman–Crippen MR) is 116 cm³/mol. The number of fused-ring (bicyclic) bond motifs is 1. The highest BCUT2D eigenvalue weighted by Gasteiger charge is 2.37. The quantitative estimate of drug-likeness (QED) is 0.580. The van der Waals surface area contributed by atoms with Crippen molar-refractivity contribution in [3.63, 3.8) is 0 Å². The normalized spacial score (nSPS) is 21.2. The Balaban J connectivity index is 1.91. The Morgan fingerprint density at radius 1 is 1.23 bits per heavy atom. The first kappa shape index (κ1) is 21.5. The standard InChI is InChI=1S/C22H28F2N4O3/c1-3-11-8-27(9-12(11)7-26-4-2)20-16(23)18(25)15-19(17(20)24)28(13-5-6-13)10-14(21(15)29)22(30)31/h10-13,26H,3-9,25H2,1-2H3,(H,30,31). The summed E-state index contributed by atoms with van der Waals surface area (Å²) in [7, 11) is 0. The molecule has 0 spiro atoms. The summed E-state index contributed by atoms with van der Waals surface area (Å²) in [4.78, 5) is 26.0. The topological polar surface area (TPSA) is 101 Å². The molecule has 2 heterocycles. The lowest BCUT2D eigenvalue weighted by Gasteiger charge is -2.24. The lowest BCUT2D eigenvalue weighted by Crippen LogP contribution is -2.29. The Morgan fingerprint density at radius 3 is 2.48 bits per heavy atom. The third-order valence-electron chi connectivity index (χ3n) is 6.61. The number of hydrogen-bond donors (Lipinski definition) is 3. The number of pyridine rings is 1. The molecule has 2 fully saturated rings. The third-order valence-corrected chi connectivity index (χ3v) is 6.61. The van der Waals surface area contributed by atoms with Crippen molar-refractivity contribution < 1.29 is 18.7 Å². The molecule has 168 valence electrons. The van der Waals surface area contributed by atoms with Crippen LogP contribution in [0.1, 0.15) is 49.5 Å². The molecule has 7 nitrogen and oxygen atoms in total. The largest absolute Gasteiger partial charge is 0.477 e. The zero-order chi connectivity index (χ0) is 22.4. The van der Waals surface area contributed by atoms with Crippen LogP contribution < -0.4 is 21.4 Å². The fourth-order valence-corrected chi connectivity index (χ4v) is 4.77. The van der Waals surface area contributed by atoms with Crippen LogP contribution >= 0.6 is 0 Å². The minimum absolute atomic E-state index is 0.102. The molecule has 0 amide bonds. The molecule has 2 aromatic rings. The summed E-state index contributed by atoms with van der Waals surface area (Å²) in [6.07, 6.45) is 3.51. The van der Waals surface area contributed by atoms with Crippen molar-refractivity contribution in [3.05, 3.63) is 33.6 Å². The van der Waals surface area contributed by atoms with E-state index in [0.29, 0.717) is 13.1 Å². The van der Waals surface area contributed by atoms with Crippen LogP contribution in [-0.4, -0.2) is 41.8 Å². The summed E-state index contributed by atoms with van der Waals surface area (Å²) in [6.45, 7) is 6.62. The van der Waals surface area contributed by atoms with Crippen LogP contribution in [0.4, 0.5) is 20.2 Å². The van der Waals surface area contributed by atoms with E-state index in [1.165, 1.54) is 10.8 Å². The van der Waals surface area contributed by atoms with Crippen LogP contribution in [0.5, 0.6) is 0 Å². The number of benzene rings is 1. The molecule has 1 saturated heterocycles. The van der Waals surface area contributed by atoms with Gasteiger partial charge >= 0.3 is 5.97 Å². The fraction of sp³-hybridized carbons (Fsp3) is 0.545. The van der Waals surface area contributed by atoms with E-state index >= 15 is 8.78 Å². The van der Waals surface area contributed by atoms with E-state index in [0.717, 1.165) is 32.4 Å². The van der Waals surface area contributed by atoms with Gasteiger partial charge in [0, 0.05) is 25.3 Å². The van der Waals surface area contributed by atoms with E-state index in [4.69, 9.17) is 5.73 Å². The molecule has 9 heteroatoms. The van der Waals surface area contributed by atoms with Gasteiger partial charge in [0.25, 0.3) is 0 Å². The highest BCUT2D eigenvalue weighted by atomic mass is 19.1. The maximum Gasteiger partial charge on any atom is 0.341 e. The number of carbonyl (C=O) groups is 1.